The highest BCUT2D eigenvalue weighted by Gasteiger charge is 2.26. The van der Waals surface area contributed by atoms with Gasteiger partial charge in [0.05, 0.1) is 17.5 Å². The number of hydrogen-bond donors (Lipinski definition) is 2. The highest BCUT2D eigenvalue weighted by Crippen LogP contribution is 2.29. The Morgan fingerprint density at radius 1 is 1.10 bits per heavy atom. The summed E-state index contributed by atoms with van der Waals surface area (Å²) in [5, 5.41) is 5.56. The quantitative estimate of drug-likeness (QED) is 0.623. The van der Waals surface area contributed by atoms with Crippen LogP contribution in [0.3, 0.4) is 0 Å². The van der Waals surface area contributed by atoms with Gasteiger partial charge in [0, 0.05) is 26.0 Å². The predicted molar refractivity (Wildman–Crippen MR) is 115 cm³/mol. The molecule has 3 rings (SSSR count). The first kappa shape index (κ1) is 21.5. The molecule has 30 heavy (non-hydrogen) atoms. The van der Waals surface area contributed by atoms with E-state index in [2.05, 4.69) is 10.6 Å². The molecule has 2 aromatic carbocycles. The van der Waals surface area contributed by atoms with Crippen LogP contribution >= 0.6 is 0 Å². The fourth-order valence-electron chi connectivity index (χ4n) is 3.28. The molecule has 158 valence electrons. The van der Waals surface area contributed by atoms with Crippen LogP contribution in [-0.2, 0) is 19.1 Å². The lowest BCUT2D eigenvalue weighted by Crippen LogP contribution is -2.42. The van der Waals surface area contributed by atoms with Crippen molar-refractivity contribution in [2.45, 2.75) is 32.3 Å². The molecule has 1 aliphatic rings. The molecule has 2 aromatic rings. The van der Waals surface area contributed by atoms with E-state index in [-0.39, 0.29) is 43.2 Å². The SMILES string of the molecule is CC(OCCCNC(=O)CCC(=O)N1CC(=O)Nc2ccccc21)c1ccccc1. The number of para-hydroxylation sites is 2. The van der Waals surface area contributed by atoms with Crippen LogP contribution in [0, 0.1) is 0 Å². The molecule has 1 unspecified atom stereocenters. The lowest BCUT2D eigenvalue weighted by atomic mass is 10.1. The minimum Gasteiger partial charge on any atom is -0.374 e. The van der Waals surface area contributed by atoms with E-state index in [1.807, 2.05) is 43.3 Å². The molecule has 0 aliphatic carbocycles. The summed E-state index contributed by atoms with van der Waals surface area (Å²) in [7, 11) is 0. The number of amides is 3. The predicted octanol–water partition coefficient (Wildman–Crippen LogP) is 3.04. The average molecular weight is 409 g/mol. The first-order valence-electron chi connectivity index (χ1n) is 10.2. The third-order valence-corrected chi connectivity index (χ3v) is 4.92. The summed E-state index contributed by atoms with van der Waals surface area (Å²) in [6.45, 7) is 2.99. The van der Waals surface area contributed by atoms with Gasteiger partial charge in [-0.3, -0.25) is 14.4 Å². The van der Waals surface area contributed by atoms with E-state index >= 15 is 0 Å². The Labute approximate surface area is 176 Å². The highest BCUT2D eigenvalue weighted by atomic mass is 16.5. The maximum absolute atomic E-state index is 12.5. The Morgan fingerprint density at radius 3 is 2.63 bits per heavy atom. The molecule has 2 N–H and O–H groups in total. The standard InChI is InChI=1S/C23H27N3O4/c1-17(18-8-3-2-4-9-18)30-15-7-14-24-21(27)12-13-23(29)26-16-22(28)25-19-10-5-6-11-20(19)26/h2-6,8-11,17H,7,12-16H2,1H3,(H,24,27)(H,25,28). The number of fused-ring (bicyclic) bond motifs is 1. The first-order valence-corrected chi connectivity index (χ1v) is 10.2. The van der Waals surface area contributed by atoms with E-state index in [9.17, 15) is 14.4 Å². The van der Waals surface area contributed by atoms with Crippen LogP contribution in [0.25, 0.3) is 0 Å². The normalized spacial score (nSPS) is 13.9. The number of anilines is 2. The van der Waals surface area contributed by atoms with Gasteiger partial charge >= 0.3 is 0 Å². The Hall–Kier alpha value is -3.19. The van der Waals surface area contributed by atoms with Gasteiger partial charge in [0.15, 0.2) is 0 Å². The molecule has 7 heteroatoms. The number of carbonyl (C=O) groups is 3. The molecule has 0 saturated heterocycles. The Morgan fingerprint density at radius 2 is 1.83 bits per heavy atom. The molecule has 0 saturated carbocycles. The fourth-order valence-corrected chi connectivity index (χ4v) is 3.28. The highest BCUT2D eigenvalue weighted by molar-refractivity contribution is 6.10. The van der Waals surface area contributed by atoms with Crippen LogP contribution in [0.2, 0.25) is 0 Å². The van der Waals surface area contributed by atoms with Crippen LogP contribution in [0.15, 0.2) is 54.6 Å². The van der Waals surface area contributed by atoms with Crippen molar-refractivity contribution in [2.75, 3.05) is 29.9 Å². The summed E-state index contributed by atoms with van der Waals surface area (Å²) in [6, 6.07) is 17.1. The maximum atomic E-state index is 12.5. The molecule has 1 heterocycles. The van der Waals surface area contributed by atoms with Gasteiger partial charge in [0.25, 0.3) is 0 Å². The second kappa shape index (κ2) is 10.5. The van der Waals surface area contributed by atoms with Gasteiger partial charge in [-0.25, -0.2) is 0 Å². The van der Waals surface area contributed by atoms with Crippen molar-refractivity contribution in [1.29, 1.82) is 0 Å². The molecule has 1 atom stereocenters. The van der Waals surface area contributed by atoms with Crippen molar-refractivity contribution in [2.24, 2.45) is 0 Å². The minimum absolute atomic E-state index is 0.00384. The fraction of sp³-hybridized carbons (Fsp3) is 0.348. The second-order valence-electron chi connectivity index (χ2n) is 7.17. The molecule has 7 nitrogen and oxygen atoms in total. The van der Waals surface area contributed by atoms with Gasteiger partial charge in [0.1, 0.15) is 6.54 Å². The number of hydrogen-bond acceptors (Lipinski definition) is 4. The van der Waals surface area contributed by atoms with Gasteiger partial charge < -0.3 is 20.3 Å². The topological polar surface area (TPSA) is 87.7 Å². The molecule has 0 bridgehead atoms. The van der Waals surface area contributed by atoms with Crippen LogP contribution in [0.1, 0.15) is 37.9 Å². The van der Waals surface area contributed by atoms with E-state index < -0.39 is 0 Å². The number of nitrogens with zero attached hydrogens (tertiary/aromatic N) is 1. The maximum Gasteiger partial charge on any atom is 0.244 e. The summed E-state index contributed by atoms with van der Waals surface area (Å²) >= 11 is 0. The van der Waals surface area contributed by atoms with Crippen molar-refractivity contribution in [3.8, 4) is 0 Å². The summed E-state index contributed by atoms with van der Waals surface area (Å²) in [5.41, 5.74) is 2.39. The Bertz CT molecular complexity index is 885. The van der Waals surface area contributed by atoms with E-state index in [1.54, 1.807) is 18.2 Å². The lowest BCUT2D eigenvalue weighted by Gasteiger charge is -2.29. The third-order valence-electron chi connectivity index (χ3n) is 4.92. The smallest absolute Gasteiger partial charge is 0.244 e. The van der Waals surface area contributed by atoms with Gasteiger partial charge in [-0.05, 0) is 31.0 Å². The summed E-state index contributed by atoms with van der Waals surface area (Å²) in [6.07, 6.45) is 0.829. The van der Waals surface area contributed by atoms with Gasteiger partial charge in [-0.2, -0.15) is 0 Å². The minimum atomic E-state index is -0.243. The van der Waals surface area contributed by atoms with Crippen molar-refractivity contribution < 1.29 is 19.1 Å². The number of rotatable bonds is 9. The molecular weight excluding hydrogens is 382 g/mol. The summed E-state index contributed by atoms with van der Waals surface area (Å²) < 4.78 is 5.78. The molecule has 1 aliphatic heterocycles. The Kier molecular flexibility index (Phi) is 7.57. The van der Waals surface area contributed by atoms with Crippen molar-refractivity contribution >= 4 is 29.1 Å². The second-order valence-corrected chi connectivity index (χ2v) is 7.17. The monoisotopic (exact) mass is 409 g/mol. The van der Waals surface area contributed by atoms with E-state index in [0.717, 1.165) is 5.56 Å². The zero-order valence-corrected chi connectivity index (χ0v) is 17.1. The molecule has 0 aromatic heterocycles. The number of benzene rings is 2. The lowest BCUT2D eigenvalue weighted by molar-refractivity contribution is -0.125. The summed E-state index contributed by atoms with van der Waals surface area (Å²) in [4.78, 5) is 37.9. The number of ether oxygens (including phenoxy) is 1. The van der Waals surface area contributed by atoms with Crippen molar-refractivity contribution in [1.82, 2.24) is 5.32 Å². The molecule has 0 spiro atoms. The van der Waals surface area contributed by atoms with Crippen LogP contribution in [0.5, 0.6) is 0 Å². The van der Waals surface area contributed by atoms with Gasteiger partial charge in [-0.15, -0.1) is 0 Å². The van der Waals surface area contributed by atoms with Crippen molar-refractivity contribution in [3.63, 3.8) is 0 Å². The zero-order valence-electron chi connectivity index (χ0n) is 17.1. The first-order chi connectivity index (χ1) is 14.5. The molecule has 0 radical (unpaired) electrons. The molecule has 0 fully saturated rings. The third kappa shape index (κ3) is 5.90. The Balaban J connectivity index is 1.35. The largest absolute Gasteiger partial charge is 0.374 e. The van der Waals surface area contributed by atoms with Crippen molar-refractivity contribution in [3.05, 3.63) is 60.2 Å². The number of carbonyl (C=O) groups excluding carboxylic acids is 3. The molecule has 3 amide bonds. The van der Waals surface area contributed by atoms with E-state index in [1.165, 1.54) is 4.90 Å². The summed E-state index contributed by atoms with van der Waals surface area (Å²) in [5.74, 6) is -0.669. The van der Waals surface area contributed by atoms with E-state index in [4.69, 9.17) is 4.74 Å². The zero-order chi connectivity index (χ0) is 21.3. The van der Waals surface area contributed by atoms with E-state index in [0.29, 0.717) is 30.9 Å². The van der Waals surface area contributed by atoms with Crippen LogP contribution in [0.4, 0.5) is 11.4 Å². The number of nitrogens with one attached hydrogen (secondary N) is 2. The molecular formula is C23H27N3O4. The van der Waals surface area contributed by atoms with Crippen LogP contribution in [-0.4, -0.2) is 37.4 Å². The van der Waals surface area contributed by atoms with Gasteiger partial charge in [0.2, 0.25) is 17.7 Å². The average Bonchev–Trinajstić information content (AvgIpc) is 2.77. The van der Waals surface area contributed by atoms with Crippen LogP contribution < -0.4 is 15.5 Å². The van der Waals surface area contributed by atoms with Gasteiger partial charge in [-0.1, -0.05) is 42.5 Å².